The minimum atomic E-state index is -0.146. The molecule has 0 spiro atoms. The predicted molar refractivity (Wildman–Crippen MR) is 106 cm³/mol. The highest BCUT2D eigenvalue weighted by Crippen LogP contribution is 2.23. The first-order valence-electron chi connectivity index (χ1n) is 9.06. The number of para-hydroxylation sites is 1. The molecule has 3 rings (SSSR count). The van der Waals surface area contributed by atoms with Gasteiger partial charge in [-0.15, -0.1) is 0 Å². The van der Waals surface area contributed by atoms with Crippen LogP contribution in [0.15, 0.2) is 48.5 Å². The highest BCUT2D eigenvalue weighted by molar-refractivity contribution is 6.03. The van der Waals surface area contributed by atoms with Crippen LogP contribution in [0.5, 0.6) is 0 Å². The molecule has 4 heteroatoms. The maximum Gasteiger partial charge on any atom is 0.248 e. The smallest absolute Gasteiger partial charge is 0.248 e. The molecular weight excluding hydrogens is 324 g/mol. The summed E-state index contributed by atoms with van der Waals surface area (Å²) in [6.45, 7) is 4.86. The number of nitrogens with one attached hydrogen (secondary N) is 1. The van der Waals surface area contributed by atoms with Crippen molar-refractivity contribution in [1.82, 2.24) is 0 Å². The van der Waals surface area contributed by atoms with E-state index in [9.17, 15) is 9.59 Å². The summed E-state index contributed by atoms with van der Waals surface area (Å²) >= 11 is 0. The Bertz CT molecular complexity index is 838. The first kappa shape index (κ1) is 17.9. The lowest BCUT2D eigenvalue weighted by Gasteiger charge is -2.15. The van der Waals surface area contributed by atoms with E-state index in [1.165, 1.54) is 0 Å². The summed E-state index contributed by atoms with van der Waals surface area (Å²) < 4.78 is 0. The van der Waals surface area contributed by atoms with Crippen molar-refractivity contribution in [3.63, 3.8) is 0 Å². The number of hydrogen-bond acceptors (Lipinski definition) is 2. The summed E-state index contributed by atoms with van der Waals surface area (Å²) in [6, 6.07) is 13.7. The molecule has 26 heavy (non-hydrogen) atoms. The average molecular weight is 348 g/mol. The van der Waals surface area contributed by atoms with Crippen LogP contribution in [0.25, 0.3) is 6.08 Å². The van der Waals surface area contributed by atoms with E-state index < -0.39 is 0 Å². The van der Waals surface area contributed by atoms with Crippen LogP contribution in [-0.4, -0.2) is 18.4 Å². The first-order valence-corrected chi connectivity index (χ1v) is 9.06. The Balaban J connectivity index is 1.66. The van der Waals surface area contributed by atoms with Crippen molar-refractivity contribution in [2.45, 2.75) is 33.1 Å². The fourth-order valence-electron chi connectivity index (χ4n) is 3.23. The number of aryl methyl sites for hydroxylation is 2. The van der Waals surface area contributed by atoms with Gasteiger partial charge in [0.25, 0.3) is 0 Å². The summed E-state index contributed by atoms with van der Waals surface area (Å²) in [6.07, 6.45) is 5.74. The summed E-state index contributed by atoms with van der Waals surface area (Å²) in [7, 11) is 0. The molecule has 1 heterocycles. The Morgan fingerprint density at radius 1 is 1.19 bits per heavy atom. The highest BCUT2D eigenvalue weighted by atomic mass is 16.2. The van der Waals surface area contributed by atoms with E-state index in [0.29, 0.717) is 6.42 Å². The van der Waals surface area contributed by atoms with Gasteiger partial charge in [-0.2, -0.15) is 0 Å². The van der Waals surface area contributed by atoms with Crippen molar-refractivity contribution in [3.05, 3.63) is 65.2 Å². The number of amides is 2. The molecule has 1 saturated heterocycles. The van der Waals surface area contributed by atoms with E-state index in [1.807, 2.05) is 54.3 Å². The van der Waals surface area contributed by atoms with Gasteiger partial charge in [0.05, 0.1) is 0 Å². The van der Waals surface area contributed by atoms with E-state index in [1.54, 1.807) is 12.2 Å². The topological polar surface area (TPSA) is 49.4 Å². The number of hydrogen-bond donors (Lipinski definition) is 1. The van der Waals surface area contributed by atoms with E-state index in [2.05, 4.69) is 12.2 Å². The molecule has 4 nitrogen and oxygen atoms in total. The van der Waals surface area contributed by atoms with Gasteiger partial charge in [0.2, 0.25) is 11.8 Å². The van der Waals surface area contributed by atoms with Gasteiger partial charge >= 0.3 is 0 Å². The number of carbonyl (C=O) groups excluding carboxylic acids is 2. The molecule has 0 aliphatic carbocycles. The fraction of sp³-hybridized carbons (Fsp3) is 0.273. The van der Waals surface area contributed by atoms with Gasteiger partial charge in [-0.1, -0.05) is 37.3 Å². The Morgan fingerprint density at radius 3 is 2.62 bits per heavy atom. The number of carbonyl (C=O) groups is 2. The lowest BCUT2D eigenvalue weighted by molar-refractivity contribution is -0.117. The first-order chi connectivity index (χ1) is 12.6. The molecule has 0 bridgehead atoms. The molecule has 2 aromatic rings. The second-order valence-corrected chi connectivity index (χ2v) is 6.53. The van der Waals surface area contributed by atoms with Gasteiger partial charge in [-0.25, -0.2) is 0 Å². The maximum atomic E-state index is 12.3. The van der Waals surface area contributed by atoms with Crippen LogP contribution in [0.3, 0.4) is 0 Å². The molecule has 0 atom stereocenters. The monoisotopic (exact) mass is 348 g/mol. The normalized spacial score (nSPS) is 14.2. The van der Waals surface area contributed by atoms with Crippen molar-refractivity contribution >= 4 is 29.3 Å². The Morgan fingerprint density at radius 2 is 1.96 bits per heavy atom. The fourth-order valence-corrected chi connectivity index (χ4v) is 3.23. The minimum absolute atomic E-state index is 0.146. The molecule has 2 amide bonds. The molecule has 0 saturated carbocycles. The summed E-state index contributed by atoms with van der Waals surface area (Å²) in [5, 5.41) is 2.98. The zero-order chi connectivity index (χ0) is 18.5. The molecule has 134 valence electrons. The van der Waals surface area contributed by atoms with Crippen molar-refractivity contribution in [3.8, 4) is 0 Å². The van der Waals surface area contributed by atoms with Crippen LogP contribution in [-0.2, 0) is 16.0 Å². The van der Waals surface area contributed by atoms with Crippen LogP contribution in [0.2, 0.25) is 0 Å². The highest BCUT2D eigenvalue weighted by Gasteiger charge is 2.21. The third-order valence-electron chi connectivity index (χ3n) is 4.69. The van der Waals surface area contributed by atoms with Crippen LogP contribution >= 0.6 is 0 Å². The van der Waals surface area contributed by atoms with Gasteiger partial charge < -0.3 is 10.2 Å². The van der Waals surface area contributed by atoms with Gasteiger partial charge in [0.15, 0.2) is 0 Å². The maximum absolute atomic E-state index is 12.3. The lowest BCUT2D eigenvalue weighted by Crippen LogP contribution is -2.23. The lowest BCUT2D eigenvalue weighted by atomic mass is 10.1. The van der Waals surface area contributed by atoms with Crippen molar-refractivity contribution in [2.75, 3.05) is 16.8 Å². The van der Waals surface area contributed by atoms with Gasteiger partial charge in [-0.05, 0) is 54.7 Å². The molecule has 1 N–H and O–H groups in total. The minimum Gasteiger partial charge on any atom is -0.322 e. The molecule has 2 aromatic carbocycles. The Kier molecular flexibility index (Phi) is 5.52. The second-order valence-electron chi connectivity index (χ2n) is 6.53. The Labute approximate surface area is 154 Å². The quantitative estimate of drug-likeness (QED) is 0.817. The van der Waals surface area contributed by atoms with Crippen LogP contribution in [0.1, 0.15) is 36.5 Å². The summed E-state index contributed by atoms with van der Waals surface area (Å²) in [5.74, 6) is 0.0328. The van der Waals surface area contributed by atoms with E-state index in [0.717, 1.165) is 47.5 Å². The SMILES string of the molecule is CCc1cccc(C)c1NC(=O)/C=C/c1ccc(N2CCCC2=O)cc1. The molecule has 1 fully saturated rings. The van der Waals surface area contributed by atoms with E-state index >= 15 is 0 Å². The summed E-state index contributed by atoms with van der Waals surface area (Å²) in [4.78, 5) is 25.9. The average Bonchev–Trinajstić information content (AvgIpc) is 3.08. The third-order valence-corrected chi connectivity index (χ3v) is 4.69. The number of anilines is 2. The third kappa shape index (κ3) is 4.02. The Hall–Kier alpha value is -2.88. The second kappa shape index (κ2) is 8.00. The molecule has 0 radical (unpaired) electrons. The van der Waals surface area contributed by atoms with Gasteiger partial charge in [0.1, 0.15) is 0 Å². The van der Waals surface area contributed by atoms with Gasteiger partial charge in [0, 0.05) is 30.4 Å². The van der Waals surface area contributed by atoms with Gasteiger partial charge in [-0.3, -0.25) is 9.59 Å². The zero-order valence-electron chi connectivity index (χ0n) is 15.3. The van der Waals surface area contributed by atoms with Crippen molar-refractivity contribution in [2.24, 2.45) is 0 Å². The van der Waals surface area contributed by atoms with E-state index in [4.69, 9.17) is 0 Å². The molecule has 0 aromatic heterocycles. The molecular formula is C22H24N2O2. The number of benzene rings is 2. The number of rotatable bonds is 5. The van der Waals surface area contributed by atoms with Crippen LogP contribution in [0, 0.1) is 6.92 Å². The van der Waals surface area contributed by atoms with Crippen LogP contribution in [0.4, 0.5) is 11.4 Å². The predicted octanol–water partition coefficient (Wildman–Crippen LogP) is 4.34. The molecule has 1 aliphatic heterocycles. The standard InChI is InChI=1S/C22H24N2O2/c1-3-18-7-4-6-16(2)22(18)23-20(25)14-11-17-9-12-19(13-10-17)24-15-5-8-21(24)26/h4,6-7,9-14H,3,5,8,15H2,1-2H3,(H,23,25)/b14-11+. The van der Waals surface area contributed by atoms with E-state index in [-0.39, 0.29) is 11.8 Å². The number of nitrogens with zero attached hydrogens (tertiary/aromatic N) is 1. The zero-order valence-corrected chi connectivity index (χ0v) is 15.3. The summed E-state index contributed by atoms with van der Waals surface area (Å²) in [5.41, 5.74) is 4.93. The molecule has 0 unspecified atom stereocenters. The van der Waals surface area contributed by atoms with Crippen LogP contribution < -0.4 is 10.2 Å². The largest absolute Gasteiger partial charge is 0.322 e. The molecule has 1 aliphatic rings. The van der Waals surface area contributed by atoms with Crippen molar-refractivity contribution in [1.29, 1.82) is 0 Å². The van der Waals surface area contributed by atoms with Crippen molar-refractivity contribution < 1.29 is 9.59 Å².